The first-order chi connectivity index (χ1) is 6.81. The van der Waals surface area contributed by atoms with Crippen LogP contribution in [0.3, 0.4) is 0 Å². The van der Waals surface area contributed by atoms with E-state index in [1.165, 1.54) is 44.9 Å². The fourth-order valence-electron chi connectivity index (χ4n) is 1.47. The molecule has 0 amide bonds. The van der Waals surface area contributed by atoms with Gasteiger partial charge in [0.1, 0.15) is 0 Å². The van der Waals surface area contributed by atoms with E-state index in [2.05, 4.69) is 22.9 Å². The van der Waals surface area contributed by atoms with Crippen LogP contribution < -0.4 is 0 Å². The summed E-state index contributed by atoms with van der Waals surface area (Å²) in [6.45, 7) is 2.11. The number of alkyl halides is 1. The summed E-state index contributed by atoms with van der Waals surface area (Å²) in [4.78, 5) is 0. The van der Waals surface area contributed by atoms with E-state index >= 15 is 0 Å². The first-order valence-electron chi connectivity index (χ1n) is 6.37. The lowest BCUT2D eigenvalue weighted by Crippen LogP contribution is -1.81. The molecule has 0 aliphatic rings. The molecule has 0 radical (unpaired) electrons. The third-order valence-corrected chi connectivity index (χ3v) is 2.89. The van der Waals surface area contributed by atoms with E-state index in [-0.39, 0.29) is 6.40 Å². The van der Waals surface area contributed by atoms with Gasteiger partial charge in [0, 0.05) is 6.70 Å². The van der Waals surface area contributed by atoms with Gasteiger partial charge in [-0.25, -0.2) is 0 Å². The second-order valence-corrected chi connectivity index (χ2v) is 4.44. The van der Waals surface area contributed by atoms with Gasteiger partial charge in [0.15, 0.2) is 0 Å². The van der Waals surface area contributed by atoms with Gasteiger partial charge in [-0.2, -0.15) is 0 Å². The van der Waals surface area contributed by atoms with Gasteiger partial charge in [0.05, 0.1) is 0 Å². The van der Waals surface area contributed by atoms with Crippen LogP contribution in [0.2, 0.25) is 0 Å². The summed E-state index contributed by atoms with van der Waals surface area (Å²) in [6, 6.07) is 0. The summed E-state index contributed by atoms with van der Waals surface area (Å²) >= 11 is 3.45. The molecule has 0 aromatic rings. The first-order valence-corrected chi connectivity index (χ1v) is 6.91. The standard InChI is InChI=1S/C12H25Br/c1-2-3-4-5-6-7-8-9-10-11-12-13/h2-12H2,1H3/i3D. The zero-order valence-corrected chi connectivity index (χ0v) is 10.6. The minimum atomic E-state index is 0.198. The van der Waals surface area contributed by atoms with Crippen LogP contribution in [0, 0.1) is 0 Å². The van der Waals surface area contributed by atoms with E-state index in [9.17, 15) is 0 Å². The SMILES string of the molecule is [2H]C(CC)CCCCCCCCCBr. The van der Waals surface area contributed by atoms with E-state index in [0.29, 0.717) is 0 Å². The molecule has 80 valence electrons. The maximum atomic E-state index is 7.59. The molecule has 0 bridgehead atoms. The minimum Gasteiger partial charge on any atom is -0.0928 e. The lowest BCUT2D eigenvalue weighted by atomic mass is 10.1. The molecule has 1 heteroatoms. The Morgan fingerprint density at radius 3 is 1.77 bits per heavy atom. The molecule has 1 unspecified atom stereocenters. The molecule has 13 heavy (non-hydrogen) atoms. The van der Waals surface area contributed by atoms with E-state index in [4.69, 9.17) is 1.37 Å². The van der Waals surface area contributed by atoms with Gasteiger partial charge in [-0.1, -0.05) is 80.6 Å². The Morgan fingerprint density at radius 1 is 0.846 bits per heavy atom. The topological polar surface area (TPSA) is 0 Å². The average Bonchev–Trinajstić information content (AvgIpc) is 2.21. The normalized spacial score (nSPS) is 14.2. The maximum absolute atomic E-state index is 7.59. The van der Waals surface area contributed by atoms with Crippen molar-refractivity contribution in [3.05, 3.63) is 0 Å². The van der Waals surface area contributed by atoms with Crippen molar-refractivity contribution in [3.63, 3.8) is 0 Å². The van der Waals surface area contributed by atoms with Crippen LogP contribution in [-0.4, -0.2) is 5.33 Å². The van der Waals surface area contributed by atoms with Crippen LogP contribution in [0.25, 0.3) is 0 Å². The molecule has 0 saturated heterocycles. The van der Waals surface area contributed by atoms with Crippen molar-refractivity contribution in [2.45, 2.75) is 71.1 Å². The molecule has 0 aromatic heterocycles. The Morgan fingerprint density at radius 2 is 1.31 bits per heavy atom. The fraction of sp³-hybridized carbons (Fsp3) is 1.00. The van der Waals surface area contributed by atoms with Gasteiger partial charge in [0.25, 0.3) is 0 Å². The highest BCUT2D eigenvalue weighted by molar-refractivity contribution is 9.09. The second kappa shape index (κ2) is 12.5. The highest BCUT2D eigenvalue weighted by atomic mass is 79.9. The molecule has 1 atom stereocenters. The fourth-order valence-corrected chi connectivity index (χ4v) is 1.87. The van der Waals surface area contributed by atoms with Crippen molar-refractivity contribution >= 4 is 15.9 Å². The smallest absolute Gasteiger partial charge is 0.0266 e. The molecular weight excluding hydrogens is 224 g/mol. The summed E-state index contributed by atoms with van der Waals surface area (Å²) < 4.78 is 7.59. The van der Waals surface area contributed by atoms with Gasteiger partial charge in [-0.3, -0.25) is 0 Å². The molecule has 0 aliphatic carbocycles. The Labute approximate surface area is 94.0 Å². The van der Waals surface area contributed by atoms with Crippen LogP contribution >= 0.6 is 15.9 Å². The van der Waals surface area contributed by atoms with E-state index in [1.54, 1.807) is 0 Å². The number of hydrogen-bond donors (Lipinski definition) is 0. The van der Waals surface area contributed by atoms with Crippen molar-refractivity contribution in [1.82, 2.24) is 0 Å². The van der Waals surface area contributed by atoms with Gasteiger partial charge in [-0.15, -0.1) is 0 Å². The van der Waals surface area contributed by atoms with E-state index < -0.39 is 0 Å². The third kappa shape index (κ3) is 12.5. The Balaban J connectivity index is 2.92. The molecule has 0 fully saturated rings. The molecular formula is C12H25Br. The van der Waals surface area contributed by atoms with Crippen molar-refractivity contribution in [3.8, 4) is 0 Å². The van der Waals surface area contributed by atoms with Gasteiger partial charge in [0.2, 0.25) is 0 Å². The zero-order valence-electron chi connectivity index (χ0n) is 10.0. The zero-order chi connectivity index (χ0) is 10.6. The molecule has 0 heterocycles. The minimum absolute atomic E-state index is 0.198. The maximum Gasteiger partial charge on any atom is 0.0266 e. The summed E-state index contributed by atoms with van der Waals surface area (Å²) in [5, 5.41) is 1.16. The summed E-state index contributed by atoms with van der Waals surface area (Å²) in [6.07, 6.45) is 11.8. The van der Waals surface area contributed by atoms with Gasteiger partial charge in [-0.05, 0) is 6.42 Å². The van der Waals surface area contributed by atoms with Crippen molar-refractivity contribution in [2.24, 2.45) is 0 Å². The number of unbranched alkanes of at least 4 members (excludes halogenated alkanes) is 6. The van der Waals surface area contributed by atoms with Crippen molar-refractivity contribution in [2.75, 3.05) is 5.33 Å². The molecule has 0 aliphatic heterocycles. The Kier molecular flexibility index (Phi) is 11.1. The summed E-state index contributed by atoms with van der Waals surface area (Å²) in [5.74, 6) is 0. The van der Waals surface area contributed by atoms with E-state index in [1.807, 2.05) is 0 Å². The third-order valence-electron chi connectivity index (χ3n) is 2.33. The van der Waals surface area contributed by atoms with Crippen LogP contribution in [-0.2, 0) is 0 Å². The van der Waals surface area contributed by atoms with Crippen LogP contribution in [0.5, 0.6) is 0 Å². The molecule has 0 rings (SSSR count). The molecule has 0 spiro atoms. The highest BCUT2D eigenvalue weighted by Gasteiger charge is 1.91. The quantitative estimate of drug-likeness (QED) is 0.364. The van der Waals surface area contributed by atoms with Crippen LogP contribution in [0.4, 0.5) is 0 Å². The Bertz CT molecular complexity index is 106. The second-order valence-electron chi connectivity index (χ2n) is 3.65. The van der Waals surface area contributed by atoms with Crippen LogP contribution in [0.15, 0.2) is 0 Å². The lowest BCUT2D eigenvalue weighted by molar-refractivity contribution is 0.563. The number of halogens is 1. The highest BCUT2D eigenvalue weighted by Crippen LogP contribution is 2.10. The first kappa shape index (κ1) is 11.6. The predicted molar refractivity (Wildman–Crippen MR) is 65.6 cm³/mol. The van der Waals surface area contributed by atoms with Gasteiger partial charge < -0.3 is 0 Å². The predicted octanol–water partition coefficient (Wildman–Crippen LogP) is 5.30. The van der Waals surface area contributed by atoms with Gasteiger partial charge >= 0.3 is 0 Å². The number of rotatable bonds is 10. The lowest BCUT2D eigenvalue weighted by Gasteiger charge is -2.00. The molecule has 0 nitrogen and oxygen atoms in total. The summed E-state index contributed by atoms with van der Waals surface area (Å²) in [5.41, 5.74) is 0. The molecule has 0 aromatic carbocycles. The number of hydrogen-bond acceptors (Lipinski definition) is 0. The van der Waals surface area contributed by atoms with Crippen molar-refractivity contribution in [1.29, 1.82) is 0 Å². The van der Waals surface area contributed by atoms with Crippen LogP contribution in [0.1, 0.15) is 72.5 Å². The Hall–Kier alpha value is 0.480. The monoisotopic (exact) mass is 249 g/mol. The van der Waals surface area contributed by atoms with Crippen molar-refractivity contribution < 1.29 is 1.37 Å². The molecule has 0 saturated carbocycles. The average molecular weight is 250 g/mol. The largest absolute Gasteiger partial charge is 0.0928 e. The summed E-state index contributed by atoms with van der Waals surface area (Å²) in [7, 11) is 0. The molecule has 0 N–H and O–H groups in total. The van der Waals surface area contributed by atoms with E-state index in [0.717, 1.165) is 18.2 Å².